The zero-order valence-electron chi connectivity index (χ0n) is 33.3. The third-order valence-electron chi connectivity index (χ3n) is 10.7. The molecular weight excluding hydrogens is 759 g/mol. The van der Waals surface area contributed by atoms with Gasteiger partial charge < -0.3 is 0 Å². The molecule has 0 spiro atoms. The summed E-state index contributed by atoms with van der Waals surface area (Å²) in [6, 6.07) is 73.0. The molecule has 0 bridgehead atoms. The number of nitriles is 1. The Morgan fingerprint density at radius 3 is 1.06 bits per heavy atom. The molecule has 0 fully saturated rings. The van der Waals surface area contributed by atoms with Gasteiger partial charge in [0.15, 0.2) is 34.9 Å². The smallest absolute Gasteiger partial charge is 0.164 e. The first-order valence-corrected chi connectivity index (χ1v) is 20.3. The summed E-state index contributed by atoms with van der Waals surface area (Å²) in [5.74, 6) is 3.51. The Labute approximate surface area is 359 Å². The molecule has 0 aliphatic rings. The fraction of sp³-hybridized carbons (Fsp3) is 0. The molecule has 10 rings (SSSR count). The largest absolute Gasteiger partial charge is 0.208 e. The molecule has 0 radical (unpaired) electrons. The van der Waals surface area contributed by atoms with Crippen molar-refractivity contribution in [2.24, 2.45) is 0 Å². The Balaban J connectivity index is 1.08. The van der Waals surface area contributed by atoms with E-state index in [0.29, 0.717) is 40.5 Å². The second-order valence-electron chi connectivity index (χ2n) is 14.7. The highest BCUT2D eigenvalue weighted by Gasteiger charge is 2.19. The fourth-order valence-corrected chi connectivity index (χ4v) is 7.56. The summed E-state index contributed by atoms with van der Waals surface area (Å²) < 4.78 is 0. The number of hydrogen-bond acceptors (Lipinski definition) is 7. The summed E-state index contributed by atoms with van der Waals surface area (Å²) in [6.07, 6.45) is 0. The van der Waals surface area contributed by atoms with Crippen LogP contribution in [0.3, 0.4) is 0 Å². The molecule has 0 aliphatic heterocycles. The molecule has 2 heterocycles. The first-order chi connectivity index (χ1) is 30.7. The van der Waals surface area contributed by atoms with E-state index in [4.69, 9.17) is 29.9 Å². The van der Waals surface area contributed by atoms with Gasteiger partial charge in [-0.25, -0.2) is 29.9 Å². The maximum atomic E-state index is 9.36. The van der Waals surface area contributed by atoms with Crippen LogP contribution in [0.25, 0.3) is 102 Å². The summed E-state index contributed by atoms with van der Waals surface area (Å²) in [6.45, 7) is 0. The van der Waals surface area contributed by atoms with Crippen molar-refractivity contribution in [3.05, 3.63) is 218 Å². The summed E-state index contributed by atoms with van der Waals surface area (Å²) in [4.78, 5) is 30.3. The SMILES string of the molecule is N#Cc1ccc(-c2cccc(-c3nc(-c4ccccc4)nc(-c4ccccc4-c4ccccc4-c4cccc(-c5nc(-c6ccccc6)nc(-c6ccccc6)n5)c4)n3)c2)cc1. The van der Waals surface area contributed by atoms with E-state index in [9.17, 15) is 5.26 Å². The van der Waals surface area contributed by atoms with Gasteiger partial charge in [-0.3, -0.25) is 0 Å². The van der Waals surface area contributed by atoms with Crippen molar-refractivity contribution in [1.82, 2.24) is 29.9 Å². The van der Waals surface area contributed by atoms with Gasteiger partial charge in [-0.05, 0) is 57.6 Å². The first-order valence-electron chi connectivity index (χ1n) is 20.3. The van der Waals surface area contributed by atoms with E-state index in [2.05, 4.69) is 72.8 Å². The molecule has 2 aromatic heterocycles. The Morgan fingerprint density at radius 2 is 0.581 bits per heavy atom. The van der Waals surface area contributed by atoms with Gasteiger partial charge in [-0.1, -0.05) is 188 Å². The highest BCUT2D eigenvalue weighted by Crippen LogP contribution is 2.39. The minimum absolute atomic E-state index is 0.558. The van der Waals surface area contributed by atoms with Crippen LogP contribution in [0.1, 0.15) is 5.56 Å². The van der Waals surface area contributed by atoms with Crippen LogP contribution >= 0.6 is 0 Å². The first kappa shape index (κ1) is 37.5. The summed E-state index contributed by atoms with van der Waals surface area (Å²) in [5, 5.41) is 9.36. The van der Waals surface area contributed by atoms with Crippen molar-refractivity contribution in [3.8, 4) is 108 Å². The fourth-order valence-electron chi connectivity index (χ4n) is 7.56. The number of benzene rings is 8. The number of rotatable bonds is 9. The van der Waals surface area contributed by atoms with E-state index >= 15 is 0 Å². The van der Waals surface area contributed by atoms with E-state index < -0.39 is 0 Å². The summed E-state index contributed by atoms with van der Waals surface area (Å²) in [5.41, 5.74) is 12.0. The quantitative estimate of drug-likeness (QED) is 0.143. The van der Waals surface area contributed by atoms with Crippen molar-refractivity contribution < 1.29 is 0 Å². The Bertz CT molecular complexity index is 3180. The van der Waals surface area contributed by atoms with Gasteiger partial charge in [-0.2, -0.15) is 5.26 Å². The topological polar surface area (TPSA) is 101 Å². The molecule has 0 amide bonds. The van der Waals surface area contributed by atoms with Gasteiger partial charge >= 0.3 is 0 Å². The molecule has 290 valence electrons. The zero-order chi connectivity index (χ0) is 41.7. The molecule has 0 saturated carbocycles. The second-order valence-corrected chi connectivity index (χ2v) is 14.7. The molecule has 0 saturated heterocycles. The van der Waals surface area contributed by atoms with Crippen LogP contribution < -0.4 is 0 Å². The van der Waals surface area contributed by atoms with Crippen molar-refractivity contribution in [3.63, 3.8) is 0 Å². The van der Waals surface area contributed by atoms with E-state index in [1.165, 1.54) is 0 Å². The van der Waals surface area contributed by atoms with Crippen LogP contribution in [0, 0.1) is 11.3 Å². The zero-order valence-corrected chi connectivity index (χ0v) is 33.3. The third-order valence-corrected chi connectivity index (χ3v) is 10.7. The average Bonchev–Trinajstić information content (AvgIpc) is 3.37. The minimum atomic E-state index is 0.558. The Morgan fingerprint density at radius 1 is 0.242 bits per heavy atom. The lowest BCUT2D eigenvalue weighted by Gasteiger charge is -2.16. The van der Waals surface area contributed by atoms with Crippen molar-refractivity contribution in [1.29, 1.82) is 5.26 Å². The van der Waals surface area contributed by atoms with Crippen molar-refractivity contribution in [2.45, 2.75) is 0 Å². The van der Waals surface area contributed by atoms with E-state index in [1.807, 2.05) is 146 Å². The second kappa shape index (κ2) is 16.9. The number of aromatic nitrogens is 6. The maximum Gasteiger partial charge on any atom is 0.164 e. The lowest BCUT2D eigenvalue weighted by Crippen LogP contribution is -2.01. The predicted octanol–water partition coefficient (Wildman–Crippen LogP) is 12.9. The van der Waals surface area contributed by atoms with Gasteiger partial charge in [0.1, 0.15) is 0 Å². The lowest BCUT2D eigenvalue weighted by atomic mass is 9.91. The highest BCUT2D eigenvalue weighted by atomic mass is 15.0. The van der Waals surface area contributed by atoms with Gasteiger partial charge in [0.05, 0.1) is 11.6 Å². The van der Waals surface area contributed by atoms with Crippen LogP contribution in [0.5, 0.6) is 0 Å². The number of hydrogen-bond donors (Lipinski definition) is 0. The molecule has 0 unspecified atom stereocenters. The van der Waals surface area contributed by atoms with Crippen LogP contribution in [0.2, 0.25) is 0 Å². The van der Waals surface area contributed by atoms with E-state index in [1.54, 1.807) is 0 Å². The maximum absolute atomic E-state index is 9.36. The van der Waals surface area contributed by atoms with E-state index in [-0.39, 0.29) is 0 Å². The van der Waals surface area contributed by atoms with Crippen LogP contribution in [0.4, 0.5) is 0 Å². The Hall–Kier alpha value is -8.73. The Kier molecular flexibility index (Phi) is 10.2. The average molecular weight is 794 g/mol. The molecule has 10 aromatic rings. The van der Waals surface area contributed by atoms with Gasteiger partial charge in [0.25, 0.3) is 0 Å². The van der Waals surface area contributed by atoms with E-state index in [0.717, 1.165) is 66.8 Å². The monoisotopic (exact) mass is 793 g/mol. The standard InChI is InChI=1S/C55H35N7/c56-36-37-30-32-38(33-31-37)42-22-14-24-44(34-42)54-60-52(41-20-8-3-9-21-41)61-55(62-54)49-29-13-12-28-48(49)47-27-11-10-26-46(47)43-23-15-25-45(35-43)53-58-50(39-16-4-1-5-17-39)57-51(59-53)40-18-6-2-7-19-40/h1-35H. The molecule has 7 heteroatoms. The molecular formula is C55H35N7. The molecule has 0 N–H and O–H groups in total. The normalized spacial score (nSPS) is 10.9. The predicted molar refractivity (Wildman–Crippen MR) is 247 cm³/mol. The summed E-state index contributed by atoms with van der Waals surface area (Å²) >= 11 is 0. The molecule has 62 heavy (non-hydrogen) atoms. The summed E-state index contributed by atoms with van der Waals surface area (Å²) in [7, 11) is 0. The minimum Gasteiger partial charge on any atom is -0.208 e. The third kappa shape index (κ3) is 7.75. The lowest BCUT2D eigenvalue weighted by molar-refractivity contribution is 1.07. The number of nitrogens with zero attached hydrogens (tertiary/aromatic N) is 7. The molecule has 0 atom stereocenters. The molecule has 8 aromatic carbocycles. The molecule has 0 aliphatic carbocycles. The van der Waals surface area contributed by atoms with Crippen molar-refractivity contribution >= 4 is 0 Å². The van der Waals surface area contributed by atoms with Gasteiger partial charge in [0.2, 0.25) is 0 Å². The van der Waals surface area contributed by atoms with Gasteiger partial charge in [0, 0.05) is 33.4 Å². The highest BCUT2D eigenvalue weighted by molar-refractivity contribution is 5.91. The van der Waals surface area contributed by atoms with Crippen molar-refractivity contribution in [2.75, 3.05) is 0 Å². The molecule has 7 nitrogen and oxygen atoms in total. The van der Waals surface area contributed by atoms with Crippen LogP contribution in [0.15, 0.2) is 212 Å². The van der Waals surface area contributed by atoms with Crippen LogP contribution in [-0.2, 0) is 0 Å². The van der Waals surface area contributed by atoms with Crippen LogP contribution in [-0.4, -0.2) is 29.9 Å². The van der Waals surface area contributed by atoms with Gasteiger partial charge in [-0.15, -0.1) is 0 Å².